The molecule has 1 saturated heterocycles. The first-order valence-electron chi connectivity index (χ1n) is 7.91. The van der Waals surface area contributed by atoms with E-state index in [1.807, 2.05) is 48.0 Å². The fourth-order valence-corrected chi connectivity index (χ4v) is 2.92. The number of aromatic nitrogens is 3. The molecule has 6 heteroatoms. The molecule has 6 nitrogen and oxygen atoms in total. The van der Waals surface area contributed by atoms with Crippen molar-refractivity contribution in [1.29, 1.82) is 0 Å². The number of morpholine rings is 1. The molecule has 2 aromatic heterocycles. The van der Waals surface area contributed by atoms with E-state index in [0.717, 1.165) is 23.5 Å². The van der Waals surface area contributed by atoms with Crippen LogP contribution in [0, 0.1) is 6.92 Å². The highest BCUT2D eigenvalue weighted by atomic mass is 16.5. The molecular formula is C17H22N4O2. The van der Waals surface area contributed by atoms with Gasteiger partial charge in [-0.25, -0.2) is 4.98 Å². The van der Waals surface area contributed by atoms with Gasteiger partial charge >= 0.3 is 0 Å². The first-order chi connectivity index (χ1) is 11.1. The highest BCUT2D eigenvalue weighted by molar-refractivity contribution is 5.76. The number of hydrogen-bond donors (Lipinski definition) is 0. The Kier molecular flexibility index (Phi) is 4.71. The standard InChI is InChI=1S/C17H22N4O2/c1-13-11-20(2)17(19-13)15-12-21(8-9-23-15)16(22)6-5-14-4-3-7-18-10-14/h3-4,7,10-11,15H,5-6,8-9,12H2,1-2H3. The Morgan fingerprint density at radius 2 is 2.35 bits per heavy atom. The summed E-state index contributed by atoms with van der Waals surface area (Å²) in [5, 5.41) is 0. The fraction of sp³-hybridized carbons (Fsp3) is 0.471. The van der Waals surface area contributed by atoms with Crippen molar-refractivity contribution in [1.82, 2.24) is 19.4 Å². The summed E-state index contributed by atoms with van der Waals surface area (Å²) in [5.74, 6) is 1.04. The molecule has 0 bridgehead atoms. The fourth-order valence-electron chi connectivity index (χ4n) is 2.92. The van der Waals surface area contributed by atoms with Crippen LogP contribution in [0.25, 0.3) is 0 Å². The molecule has 1 atom stereocenters. The number of hydrogen-bond acceptors (Lipinski definition) is 4. The Labute approximate surface area is 136 Å². The maximum atomic E-state index is 12.5. The van der Waals surface area contributed by atoms with Gasteiger partial charge in [0.1, 0.15) is 11.9 Å². The monoisotopic (exact) mass is 314 g/mol. The normalized spacial score (nSPS) is 18.2. The molecule has 122 valence electrons. The van der Waals surface area contributed by atoms with Crippen molar-refractivity contribution in [3.8, 4) is 0 Å². The lowest BCUT2D eigenvalue weighted by Gasteiger charge is -2.32. The van der Waals surface area contributed by atoms with Crippen LogP contribution in [0.3, 0.4) is 0 Å². The molecule has 0 saturated carbocycles. The number of carbonyl (C=O) groups is 1. The van der Waals surface area contributed by atoms with Gasteiger partial charge in [-0.1, -0.05) is 6.07 Å². The zero-order valence-corrected chi connectivity index (χ0v) is 13.6. The summed E-state index contributed by atoms with van der Waals surface area (Å²) in [5.41, 5.74) is 2.05. The van der Waals surface area contributed by atoms with Crippen molar-refractivity contribution < 1.29 is 9.53 Å². The van der Waals surface area contributed by atoms with E-state index in [9.17, 15) is 4.79 Å². The second-order valence-electron chi connectivity index (χ2n) is 5.91. The van der Waals surface area contributed by atoms with Crippen LogP contribution in [0.2, 0.25) is 0 Å². The Balaban J connectivity index is 1.59. The maximum absolute atomic E-state index is 12.5. The second-order valence-corrected chi connectivity index (χ2v) is 5.91. The van der Waals surface area contributed by atoms with E-state index < -0.39 is 0 Å². The summed E-state index contributed by atoms with van der Waals surface area (Å²) in [6, 6.07) is 3.90. The lowest BCUT2D eigenvalue weighted by Crippen LogP contribution is -2.42. The molecule has 1 fully saturated rings. The second kappa shape index (κ2) is 6.91. The van der Waals surface area contributed by atoms with Crippen molar-refractivity contribution in [2.45, 2.75) is 25.9 Å². The van der Waals surface area contributed by atoms with Gasteiger partial charge in [0.2, 0.25) is 5.91 Å². The van der Waals surface area contributed by atoms with Crippen molar-refractivity contribution in [3.63, 3.8) is 0 Å². The summed E-state index contributed by atoms with van der Waals surface area (Å²) < 4.78 is 7.79. The Hall–Kier alpha value is -2.21. The van der Waals surface area contributed by atoms with E-state index in [-0.39, 0.29) is 12.0 Å². The zero-order chi connectivity index (χ0) is 16.2. The summed E-state index contributed by atoms with van der Waals surface area (Å²) in [6.07, 6.45) is 6.60. The van der Waals surface area contributed by atoms with Crippen molar-refractivity contribution in [3.05, 3.63) is 47.8 Å². The first-order valence-corrected chi connectivity index (χ1v) is 7.91. The molecule has 0 N–H and O–H groups in total. The number of pyridine rings is 1. The largest absolute Gasteiger partial charge is 0.367 e. The van der Waals surface area contributed by atoms with Gasteiger partial charge in [-0.05, 0) is 25.0 Å². The first kappa shape index (κ1) is 15.7. The van der Waals surface area contributed by atoms with Crippen LogP contribution in [-0.4, -0.2) is 45.0 Å². The van der Waals surface area contributed by atoms with Crippen LogP contribution in [-0.2, 0) is 23.0 Å². The number of amides is 1. The van der Waals surface area contributed by atoms with E-state index in [1.165, 1.54) is 0 Å². The smallest absolute Gasteiger partial charge is 0.223 e. The lowest BCUT2D eigenvalue weighted by molar-refractivity contribution is -0.139. The number of nitrogens with zero attached hydrogens (tertiary/aromatic N) is 4. The van der Waals surface area contributed by atoms with Crippen LogP contribution in [0.1, 0.15) is 29.6 Å². The Bertz CT molecular complexity index is 668. The molecule has 0 aliphatic carbocycles. The van der Waals surface area contributed by atoms with Gasteiger partial charge in [0, 0.05) is 38.6 Å². The van der Waals surface area contributed by atoms with Crippen LogP contribution in [0.5, 0.6) is 0 Å². The molecule has 3 heterocycles. The third-order valence-electron chi connectivity index (χ3n) is 4.09. The number of carbonyl (C=O) groups excluding carboxylic acids is 1. The van der Waals surface area contributed by atoms with Crippen molar-refractivity contribution in [2.75, 3.05) is 19.7 Å². The average Bonchev–Trinajstić information content (AvgIpc) is 2.92. The van der Waals surface area contributed by atoms with Crippen LogP contribution < -0.4 is 0 Å². The summed E-state index contributed by atoms with van der Waals surface area (Å²) in [7, 11) is 1.96. The highest BCUT2D eigenvalue weighted by Crippen LogP contribution is 2.22. The average molecular weight is 314 g/mol. The molecule has 23 heavy (non-hydrogen) atoms. The van der Waals surface area contributed by atoms with E-state index in [0.29, 0.717) is 26.1 Å². The molecule has 2 aromatic rings. The lowest BCUT2D eigenvalue weighted by atomic mass is 10.1. The third kappa shape index (κ3) is 3.76. The molecular weight excluding hydrogens is 292 g/mol. The molecule has 1 amide bonds. The topological polar surface area (TPSA) is 60.2 Å². The number of imidazole rings is 1. The molecule has 1 aliphatic rings. The minimum Gasteiger partial charge on any atom is -0.367 e. The Morgan fingerprint density at radius 3 is 3.04 bits per heavy atom. The van der Waals surface area contributed by atoms with E-state index in [4.69, 9.17) is 4.74 Å². The molecule has 1 aliphatic heterocycles. The molecule has 0 spiro atoms. The van der Waals surface area contributed by atoms with E-state index in [2.05, 4.69) is 9.97 Å². The SMILES string of the molecule is Cc1cn(C)c(C2CN(C(=O)CCc3cccnc3)CCO2)n1. The number of ether oxygens (including phenoxy) is 1. The predicted octanol–water partition coefficient (Wildman–Crippen LogP) is 1.66. The van der Waals surface area contributed by atoms with E-state index in [1.54, 1.807) is 6.20 Å². The summed E-state index contributed by atoms with van der Waals surface area (Å²) >= 11 is 0. The highest BCUT2D eigenvalue weighted by Gasteiger charge is 2.27. The van der Waals surface area contributed by atoms with Gasteiger partial charge in [0.25, 0.3) is 0 Å². The predicted molar refractivity (Wildman–Crippen MR) is 85.8 cm³/mol. The summed E-state index contributed by atoms with van der Waals surface area (Å²) in [6.45, 7) is 3.72. The van der Waals surface area contributed by atoms with Crippen molar-refractivity contribution in [2.24, 2.45) is 7.05 Å². The van der Waals surface area contributed by atoms with Crippen LogP contribution in [0.15, 0.2) is 30.7 Å². The molecule has 3 rings (SSSR count). The third-order valence-corrected chi connectivity index (χ3v) is 4.09. The zero-order valence-electron chi connectivity index (χ0n) is 13.6. The maximum Gasteiger partial charge on any atom is 0.223 e. The quantitative estimate of drug-likeness (QED) is 0.861. The van der Waals surface area contributed by atoms with Gasteiger partial charge in [0.15, 0.2) is 0 Å². The summed E-state index contributed by atoms with van der Waals surface area (Å²) in [4.78, 5) is 22.9. The van der Waals surface area contributed by atoms with Crippen LogP contribution in [0.4, 0.5) is 0 Å². The van der Waals surface area contributed by atoms with Crippen molar-refractivity contribution >= 4 is 5.91 Å². The number of rotatable bonds is 4. The van der Waals surface area contributed by atoms with Gasteiger partial charge in [-0.15, -0.1) is 0 Å². The minimum atomic E-state index is -0.148. The van der Waals surface area contributed by atoms with Gasteiger partial charge < -0.3 is 14.2 Å². The molecule has 0 radical (unpaired) electrons. The Morgan fingerprint density at radius 1 is 1.48 bits per heavy atom. The van der Waals surface area contributed by atoms with Crippen LogP contribution >= 0.6 is 0 Å². The van der Waals surface area contributed by atoms with Gasteiger partial charge in [-0.2, -0.15) is 0 Å². The van der Waals surface area contributed by atoms with Gasteiger partial charge in [0.05, 0.1) is 18.8 Å². The molecule has 0 aromatic carbocycles. The van der Waals surface area contributed by atoms with Gasteiger partial charge in [-0.3, -0.25) is 9.78 Å². The minimum absolute atomic E-state index is 0.148. The van der Waals surface area contributed by atoms with E-state index >= 15 is 0 Å². The number of aryl methyl sites for hydroxylation is 3. The molecule has 1 unspecified atom stereocenters.